The molecule has 0 unspecified atom stereocenters. The van der Waals surface area contributed by atoms with Crippen molar-refractivity contribution in [3.8, 4) is 5.82 Å². The molecule has 0 saturated carbocycles. The Hall–Kier alpha value is -4.07. The molecule has 27 heavy (non-hydrogen) atoms. The van der Waals surface area contributed by atoms with Gasteiger partial charge in [0.2, 0.25) is 0 Å². The quantitative estimate of drug-likeness (QED) is 0.570. The molecule has 2 N–H and O–H groups in total. The topological polar surface area (TPSA) is 97.6 Å². The molecule has 0 aliphatic carbocycles. The minimum Gasteiger partial charge on any atom is -0.340 e. The van der Waals surface area contributed by atoms with E-state index in [1.54, 1.807) is 41.5 Å². The van der Waals surface area contributed by atoms with Crippen molar-refractivity contribution >= 4 is 23.1 Å². The van der Waals surface area contributed by atoms with Crippen LogP contribution < -0.4 is 10.6 Å². The van der Waals surface area contributed by atoms with Crippen LogP contribution in [0.3, 0.4) is 0 Å². The van der Waals surface area contributed by atoms with Gasteiger partial charge >= 0.3 is 0 Å². The van der Waals surface area contributed by atoms with Crippen LogP contribution in [0.5, 0.6) is 0 Å². The fraction of sp³-hybridized carbons (Fsp3) is 0. The van der Waals surface area contributed by atoms with E-state index in [1.807, 2.05) is 36.5 Å². The van der Waals surface area contributed by atoms with Crippen LogP contribution in [0.25, 0.3) is 5.82 Å². The molecule has 0 aliphatic heterocycles. The molecule has 8 heteroatoms. The average Bonchev–Trinajstić information content (AvgIpc) is 3.25. The van der Waals surface area contributed by atoms with Crippen molar-refractivity contribution in [1.82, 2.24) is 24.7 Å². The van der Waals surface area contributed by atoms with Crippen LogP contribution >= 0.6 is 0 Å². The van der Waals surface area contributed by atoms with Gasteiger partial charge in [-0.05, 0) is 42.5 Å². The Balaban J connectivity index is 1.44. The van der Waals surface area contributed by atoms with Crippen molar-refractivity contribution in [3.63, 3.8) is 0 Å². The number of aromatic nitrogens is 5. The van der Waals surface area contributed by atoms with E-state index in [0.717, 1.165) is 5.69 Å². The van der Waals surface area contributed by atoms with Gasteiger partial charge in [-0.1, -0.05) is 0 Å². The zero-order valence-electron chi connectivity index (χ0n) is 14.1. The number of nitrogens with one attached hydrogen (secondary N) is 2. The first kappa shape index (κ1) is 16.4. The molecular formula is C19H15N7O. The highest BCUT2D eigenvalue weighted by Crippen LogP contribution is 2.19. The molecule has 0 aliphatic rings. The molecule has 0 saturated heterocycles. The summed E-state index contributed by atoms with van der Waals surface area (Å²) < 4.78 is 1.66. The lowest BCUT2D eigenvalue weighted by Gasteiger charge is -2.09. The summed E-state index contributed by atoms with van der Waals surface area (Å²) in [5, 5.41) is 10.2. The van der Waals surface area contributed by atoms with Gasteiger partial charge in [-0.3, -0.25) is 9.78 Å². The van der Waals surface area contributed by atoms with Crippen molar-refractivity contribution in [1.29, 1.82) is 0 Å². The smallest absolute Gasteiger partial charge is 0.255 e. The van der Waals surface area contributed by atoms with Crippen molar-refractivity contribution in [3.05, 3.63) is 85.2 Å². The number of amides is 1. The number of pyridine rings is 1. The number of hydrogen-bond donors (Lipinski definition) is 2. The number of nitrogens with zero attached hydrogens (tertiary/aromatic N) is 5. The van der Waals surface area contributed by atoms with Gasteiger partial charge in [0.25, 0.3) is 5.91 Å². The molecule has 0 atom stereocenters. The first-order chi connectivity index (χ1) is 13.3. The summed E-state index contributed by atoms with van der Waals surface area (Å²) in [7, 11) is 0. The normalized spacial score (nSPS) is 10.4. The Morgan fingerprint density at radius 3 is 2.44 bits per heavy atom. The third-order valence-corrected chi connectivity index (χ3v) is 3.75. The van der Waals surface area contributed by atoms with Crippen molar-refractivity contribution in [2.24, 2.45) is 0 Å². The van der Waals surface area contributed by atoms with E-state index in [2.05, 4.69) is 30.7 Å². The van der Waals surface area contributed by atoms with Crippen molar-refractivity contribution in [2.45, 2.75) is 0 Å². The highest BCUT2D eigenvalue weighted by atomic mass is 16.1. The Morgan fingerprint density at radius 2 is 1.70 bits per heavy atom. The minimum absolute atomic E-state index is 0.183. The maximum Gasteiger partial charge on any atom is 0.255 e. The Labute approximate surface area is 154 Å². The van der Waals surface area contributed by atoms with Crippen LogP contribution in [0.1, 0.15) is 10.4 Å². The number of benzene rings is 1. The monoisotopic (exact) mass is 357 g/mol. The number of anilines is 3. The van der Waals surface area contributed by atoms with Crippen molar-refractivity contribution < 1.29 is 4.79 Å². The highest BCUT2D eigenvalue weighted by molar-refractivity contribution is 6.04. The summed E-state index contributed by atoms with van der Waals surface area (Å²) in [6.45, 7) is 0. The Bertz CT molecular complexity index is 1030. The number of carbonyl (C=O) groups is 1. The third kappa shape index (κ3) is 3.96. The van der Waals surface area contributed by atoms with Gasteiger partial charge in [-0.15, -0.1) is 0 Å². The van der Waals surface area contributed by atoms with E-state index in [0.29, 0.717) is 22.9 Å². The summed E-state index contributed by atoms with van der Waals surface area (Å²) >= 11 is 0. The zero-order chi connectivity index (χ0) is 18.5. The predicted octanol–water partition coefficient (Wildman–Crippen LogP) is 3.05. The molecular weight excluding hydrogens is 342 g/mol. The Kier molecular flexibility index (Phi) is 4.52. The second kappa shape index (κ2) is 7.44. The molecule has 0 spiro atoms. The van der Waals surface area contributed by atoms with E-state index < -0.39 is 0 Å². The first-order valence-corrected chi connectivity index (χ1v) is 8.18. The van der Waals surface area contributed by atoms with Crippen molar-refractivity contribution in [2.75, 3.05) is 10.6 Å². The highest BCUT2D eigenvalue weighted by Gasteiger charge is 2.06. The third-order valence-electron chi connectivity index (χ3n) is 3.75. The molecule has 3 aromatic heterocycles. The second-order valence-corrected chi connectivity index (χ2v) is 5.60. The molecule has 132 valence electrons. The van der Waals surface area contributed by atoms with Gasteiger partial charge in [0.05, 0.1) is 0 Å². The molecule has 3 heterocycles. The lowest BCUT2D eigenvalue weighted by Crippen LogP contribution is -2.11. The fourth-order valence-corrected chi connectivity index (χ4v) is 2.44. The van der Waals surface area contributed by atoms with E-state index >= 15 is 0 Å². The second-order valence-electron chi connectivity index (χ2n) is 5.60. The molecule has 8 nitrogen and oxygen atoms in total. The Morgan fingerprint density at radius 1 is 0.926 bits per heavy atom. The average molecular weight is 357 g/mol. The molecule has 0 bridgehead atoms. The van der Waals surface area contributed by atoms with Crippen LogP contribution in [0, 0.1) is 0 Å². The summed E-state index contributed by atoms with van der Waals surface area (Å²) in [5.41, 5.74) is 2.09. The van der Waals surface area contributed by atoms with E-state index in [1.165, 1.54) is 6.33 Å². The van der Waals surface area contributed by atoms with Gasteiger partial charge in [0, 0.05) is 47.8 Å². The van der Waals surface area contributed by atoms with E-state index in [-0.39, 0.29) is 5.91 Å². The van der Waals surface area contributed by atoms with Gasteiger partial charge in [-0.2, -0.15) is 5.10 Å². The molecule has 4 aromatic rings. The predicted molar refractivity (Wildman–Crippen MR) is 101 cm³/mol. The summed E-state index contributed by atoms with van der Waals surface area (Å²) in [6, 6.07) is 14.3. The largest absolute Gasteiger partial charge is 0.340 e. The summed E-state index contributed by atoms with van der Waals surface area (Å²) in [6.07, 6.45) is 8.14. The van der Waals surface area contributed by atoms with Crippen LogP contribution in [-0.4, -0.2) is 30.6 Å². The number of hydrogen-bond acceptors (Lipinski definition) is 6. The van der Waals surface area contributed by atoms with Gasteiger partial charge in [0.15, 0.2) is 5.82 Å². The van der Waals surface area contributed by atoms with Gasteiger partial charge < -0.3 is 10.6 Å². The standard InChI is InChI=1S/C19H15N7O/c27-19(14-6-9-20-10-7-14)25-16-4-2-15(3-5-16)24-17-12-18(22-13-21-17)26-11-1-8-23-26/h1-13H,(H,25,27)(H,21,22,24). The van der Waals surface area contributed by atoms with Crippen LogP contribution in [-0.2, 0) is 0 Å². The SMILES string of the molecule is O=C(Nc1ccc(Nc2cc(-n3cccn3)ncn2)cc1)c1ccncc1. The molecule has 0 radical (unpaired) electrons. The number of rotatable bonds is 5. The van der Waals surface area contributed by atoms with E-state index in [4.69, 9.17) is 0 Å². The molecule has 0 fully saturated rings. The van der Waals surface area contributed by atoms with E-state index in [9.17, 15) is 4.79 Å². The maximum atomic E-state index is 12.2. The van der Waals surface area contributed by atoms with Gasteiger partial charge in [-0.25, -0.2) is 14.6 Å². The lowest BCUT2D eigenvalue weighted by molar-refractivity contribution is 0.102. The van der Waals surface area contributed by atoms with Crippen LogP contribution in [0.15, 0.2) is 79.6 Å². The molecule has 1 amide bonds. The summed E-state index contributed by atoms with van der Waals surface area (Å²) in [4.78, 5) is 24.5. The van der Waals surface area contributed by atoms with Crippen LogP contribution in [0.4, 0.5) is 17.2 Å². The van der Waals surface area contributed by atoms with Gasteiger partial charge in [0.1, 0.15) is 12.1 Å². The molecule has 1 aromatic carbocycles. The minimum atomic E-state index is -0.183. The maximum absolute atomic E-state index is 12.2. The lowest BCUT2D eigenvalue weighted by atomic mass is 10.2. The summed E-state index contributed by atoms with van der Waals surface area (Å²) in [5.74, 6) is 1.13. The molecule has 4 rings (SSSR count). The zero-order valence-corrected chi connectivity index (χ0v) is 14.1. The first-order valence-electron chi connectivity index (χ1n) is 8.18. The number of carbonyl (C=O) groups excluding carboxylic acids is 1. The fourth-order valence-electron chi connectivity index (χ4n) is 2.44. The van der Waals surface area contributed by atoms with Crippen LogP contribution in [0.2, 0.25) is 0 Å².